The third kappa shape index (κ3) is 3.93. The quantitative estimate of drug-likeness (QED) is 0.667. The highest BCUT2D eigenvalue weighted by Crippen LogP contribution is 2.20. The second kappa shape index (κ2) is 6.87. The first-order chi connectivity index (χ1) is 11.1. The highest BCUT2D eigenvalue weighted by Gasteiger charge is 2.12. The molecule has 3 rings (SSSR count). The molecule has 0 aliphatic carbocycles. The van der Waals surface area contributed by atoms with E-state index in [1.807, 2.05) is 55.5 Å². The summed E-state index contributed by atoms with van der Waals surface area (Å²) in [4.78, 5) is 18.5. The molecule has 1 aromatic carbocycles. The van der Waals surface area contributed by atoms with Crippen LogP contribution in [-0.4, -0.2) is 28.6 Å². The van der Waals surface area contributed by atoms with E-state index in [4.69, 9.17) is 4.42 Å². The molecule has 0 saturated carbocycles. The fourth-order valence-electron chi connectivity index (χ4n) is 2.27. The van der Waals surface area contributed by atoms with Crippen molar-refractivity contribution in [2.75, 3.05) is 12.8 Å². The summed E-state index contributed by atoms with van der Waals surface area (Å²) in [5, 5.41) is 1.97. The number of benzene rings is 1. The molecule has 2 heterocycles. The number of furan rings is 1. The molecule has 0 aliphatic heterocycles. The van der Waals surface area contributed by atoms with Gasteiger partial charge in [0.15, 0.2) is 0 Å². The molecular weight excluding hydrogens is 308 g/mol. The summed E-state index contributed by atoms with van der Waals surface area (Å²) < 4.78 is 5.50. The van der Waals surface area contributed by atoms with Crippen LogP contribution in [0, 0.1) is 6.92 Å². The van der Waals surface area contributed by atoms with E-state index < -0.39 is 0 Å². The van der Waals surface area contributed by atoms with Crippen molar-refractivity contribution in [2.24, 2.45) is 0 Å². The van der Waals surface area contributed by atoms with Crippen LogP contribution in [0.5, 0.6) is 0 Å². The van der Waals surface area contributed by atoms with Crippen LogP contribution >= 0.6 is 11.8 Å². The molecule has 0 fully saturated rings. The summed E-state index contributed by atoms with van der Waals surface area (Å²) in [6, 6.07) is 15.8. The third-order valence-electron chi connectivity index (χ3n) is 3.53. The van der Waals surface area contributed by atoms with E-state index in [1.165, 1.54) is 11.8 Å². The molecule has 118 valence electrons. The van der Waals surface area contributed by atoms with E-state index in [9.17, 15) is 4.79 Å². The van der Waals surface area contributed by atoms with Gasteiger partial charge in [-0.05, 0) is 31.2 Å². The Labute approximate surface area is 139 Å². The molecule has 0 radical (unpaired) electrons. The number of aryl methyl sites for hydroxylation is 1. The number of hydrogen-bond acceptors (Lipinski definition) is 4. The number of carbonyl (C=O) groups is 1. The SMILES string of the molecule is Cc1ccc(CN(C)C(=O)CSc2ccc3ccccc3n2)o1. The van der Waals surface area contributed by atoms with Gasteiger partial charge in [0.2, 0.25) is 5.91 Å². The first-order valence-corrected chi connectivity index (χ1v) is 8.38. The Morgan fingerprint density at radius 1 is 1.17 bits per heavy atom. The van der Waals surface area contributed by atoms with Gasteiger partial charge in [0.25, 0.3) is 0 Å². The Kier molecular flexibility index (Phi) is 4.67. The Balaban J connectivity index is 1.58. The van der Waals surface area contributed by atoms with Crippen LogP contribution in [-0.2, 0) is 11.3 Å². The number of aromatic nitrogens is 1. The van der Waals surface area contributed by atoms with Gasteiger partial charge in [0, 0.05) is 12.4 Å². The summed E-state index contributed by atoms with van der Waals surface area (Å²) in [6.07, 6.45) is 0. The summed E-state index contributed by atoms with van der Waals surface area (Å²) >= 11 is 1.45. The Morgan fingerprint density at radius 3 is 2.78 bits per heavy atom. The van der Waals surface area contributed by atoms with Gasteiger partial charge in [-0.2, -0.15) is 0 Å². The van der Waals surface area contributed by atoms with E-state index in [-0.39, 0.29) is 5.91 Å². The fourth-order valence-corrected chi connectivity index (χ4v) is 3.08. The normalized spacial score (nSPS) is 10.9. The van der Waals surface area contributed by atoms with Crippen molar-refractivity contribution in [3.05, 3.63) is 60.1 Å². The van der Waals surface area contributed by atoms with Gasteiger partial charge in [-0.15, -0.1) is 0 Å². The van der Waals surface area contributed by atoms with E-state index in [2.05, 4.69) is 4.98 Å². The third-order valence-corrected chi connectivity index (χ3v) is 4.45. The molecule has 0 unspecified atom stereocenters. The fraction of sp³-hybridized carbons (Fsp3) is 0.222. The number of thioether (sulfide) groups is 1. The molecule has 3 aromatic rings. The van der Waals surface area contributed by atoms with Gasteiger partial charge in [-0.3, -0.25) is 4.79 Å². The van der Waals surface area contributed by atoms with E-state index >= 15 is 0 Å². The number of rotatable bonds is 5. The molecule has 0 bridgehead atoms. The number of carbonyl (C=O) groups excluding carboxylic acids is 1. The maximum atomic E-state index is 12.2. The van der Waals surface area contributed by atoms with E-state index in [0.29, 0.717) is 12.3 Å². The van der Waals surface area contributed by atoms with Crippen LogP contribution in [0.15, 0.2) is 58.0 Å². The molecule has 0 aliphatic rings. The lowest BCUT2D eigenvalue weighted by Crippen LogP contribution is -2.27. The van der Waals surface area contributed by atoms with Gasteiger partial charge in [-0.1, -0.05) is 36.0 Å². The van der Waals surface area contributed by atoms with Crippen LogP contribution in [0.1, 0.15) is 11.5 Å². The van der Waals surface area contributed by atoms with Crippen LogP contribution in [0.25, 0.3) is 10.9 Å². The van der Waals surface area contributed by atoms with E-state index in [0.717, 1.165) is 27.4 Å². The van der Waals surface area contributed by atoms with Crippen molar-refractivity contribution >= 4 is 28.6 Å². The van der Waals surface area contributed by atoms with Crippen LogP contribution in [0.4, 0.5) is 0 Å². The number of nitrogens with zero attached hydrogens (tertiary/aromatic N) is 2. The van der Waals surface area contributed by atoms with Crippen molar-refractivity contribution in [3.8, 4) is 0 Å². The molecule has 23 heavy (non-hydrogen) atoms. The molecule has 5 heteroatoms. The average molecular weight is 326 g/mol. The molecular formula is C18H18N2O2S. The molecule has 1 amide bonds. The van der Waals surface area contributed by atoms with Crippen molar-refractivity contribution in [2.45, 2.75) is 18.5 Å². The summed E-state index contributed by atoms with van der Waals surface area (Å²) in [5.74, 6) is 2.07. The van der Waals surface area contributed by atoms with Gasteiger partial charge in [0.1, 0.15) is 11.5 Å². The minimum atomic E-state index is 0.0546. The Bertz CT molecular complexity index is 829. The van der Waals surface area contributed by atoms with Crippen LogP contribution < -0.4 is 0 Å². The lowest BCUT2D eigenvalue weighted by atomic mass is 10.2. The van der Waals surface area contributed by atoms with Gasteiger partial charge in [-0.25, -0.2) is 4.98 Å². The van der Waals surface area contributed by atoms with Crippen molar-refractivity contribution in [3.63, 3.8) is 0 Å². The maximum Gasteiger partial charge on any atom is 0.233 e. The lowest BCUT2D eigenvalue weighted by molar-refractivity contribution is -0.127. The number of amides is 1. The molecule has 0 saturated heterocycles. The minimum absolute atomic E-state index is 0.0546. The van der Waals surface area contributed by atoms with Gasteiger partial charge < -0.3 is 9.32 Å². The lowest BCUT2D eigenvalue weighted by Gasteiger charge is -2.15. The zero-order valence-electron chi connectivity index (χ0n) is 13.2. The summed E-state index contributed by atoms with van der Waals surface area (Å²) in [5.41, 5.74) is 0.948. The molecule has 0 spiro atoms. The zero-order valence-corrected chi connectivity index (χ0v) is 14.0. The Hall–Kier alpha value is -2.27. The largest absolute Gasteiger partial charge is 0.464 e. The number of pyridine rings is 1. The monoisotopic (exact) mass is 326 g/mol. The van der Waals surface area contributed by atoms with E-state index in [1.54, 1.807) is 11.9 Å². The highest BCUT2D eigenvalue weighted by atomic mass is 32.2. The van der Waals surface area contributed by atoms with Crippen molar-refractivity contribution in [1.29, 1.82) is 0 Å². The first kappa shape index (κ1) is 15.6. The number of fused-ring (bicyclic) bond motifs is 1. The summed E-state index contributed by atoms with van der Waals surface area (Å²) in [7, 11) is 1.79. The van der Waals surface area contributed by atoms with Crippen LogP contribution in [0.2, 0.25) is 0 Å². The number of para-hydroxylation sites is 1. The minimum Gasteiger partial charge on any atom is -0.464 e. The average Bonchev–Trinajstić information content (AvgIpc) is 2.97. The summed E-state index contributed by atoms with van der Waals surface area (Å²) in [6.45, 7) is 2.38. The highest BCUT2D eigenvalue weighted by molar-refractivity contribution is 7.99. The standard InChI is InChI=1S/C18H18N2O2S/c1-13-7-9-15(22-13)11-20(2)18(21)12-23-17-10-8-14-5-3-4-6-16(14)19-17/h3-10H,11-12H2,1-2H3. The predicted molar refractivity (Wildman–Crippen MR) is 92.4 cm³/mol. The second-order valence-electron chi connectivity index (χ2n) is 5.39. The smallest absolute Gasteiger partial charge is 0.233 e. The number of hydrogen-bond donors (Lipinski definition) is 0. The molecule has 0 atom stereocenters. The second-order valence-corrected chi connectivity index (χ2v) is 6.39. The van der Waals surface area contributed by atoms with Gasteiger partial charge >= 0.3 is 0 Å². The zero-order chi connectivity index (χ0) is 16.2. The Morgan fingerprint density at radius 2 is 2.00 bits per heavy atom. The molecule has 2 aromatic heterocycles. The van der Waals surface area contributed by atoms with Crippen molar-refractivity contribution in [1.82, 2.24) is 9.88 Å². The maximum absolute atomic E-state index is 12.2. The van der Waals surface area contributed by atoms with Crippen LogP contribution in [0.3, 0.4) is 0 Å². The predicted octanol–water partition coefficient (Wildman–Crippen LogP) is 3.89. The molecule has 0 N–H and O–H groups in total. The van der Waals surface area contributed by atoms with Gasteiger partial charge in [0.05, 0.1) is 22.8 Å². The topological polar surface area (TPSA) is 46.3 Å². The molecule has 4 nitrogen and oxygen atoms in total. The first-order valence-electron chi connectivity index (χ1n) is 7.40. The van der Waals surface area contributed by atoms with Crippen molar-refractivity contribution < 1.29 is 9.21 Å².